The summed E-state index contributed by atoms with van der Waals surface area (Å²) in [6.45, 7) is 0.706. The van der Waals surface area contributed by atoms with Crippen LogP contribution in [-0.4, -0.2) is 15.0 Å². The molecule has 0 radical (unpaired) electrons. The molecular weight excluding hydrogens is 334 g/mol. The number of nitrogens with zero attached hydrogens (tertiary/aromatic N) is 2. The average molecular weight is 355 g/mol. The standard InChI is InChI=1S/C22H21N5/c1-2-5-17-15(4-1)8-10-21(17)27-22-11-9-18-19(6-3-7-20(18)26-22)24-13-16-12-23-14-25-16/h1-7,9,11-12,14,21,24H,8,10,13H2,(H,23,25)(H,26,27)/t21-/m1/s1. The maximum atomic E-state index is 4.85. The largest absolute Gasteiger partial charge is 0.379 e. The highest BCUT2D eigenvalue weighted by molar-refractivity contribution is 5.92. The van der Waals surface area contributed by atoms with E-state index in [-0.39, 0.29) is 0 Å². The molecule has 2 aromatic heterocycles. The quantitative estimate of drug-likeness (QED) is 0.487. The Morgan fingerprint density at radius 1 is 1.04 bits per heavy atom. The number of hydrogen-bond acceptors (Lipinski definition) is 4. The summed E-state index contributed by atoms with van der Waals surface area (Å²) in [6.07, 6.45) is 5.77. The average Bonchev–Trinajstić information content (AvgIpc) is 3.36. The van der Waals surface area contributed by atoms with E-state index in [1.807, 2.05) is 12.3 Å². The van der Waals surface area contributed by atoms with Gasteiger partial charge in [0.05, 0.1) is 30.1 Å². The number of aromatic nitrogens is 3. The van der Waals surface area contributed by atoms with Gasteiger partial charge in [0.2, 0.25) is 0 Å². The van der Waals surface area contributed by atoms with Gasteiger partial charge < -0.3 is 15.6 Å². The second kappa shape index (κ2) is 6.76. The third-order valence-corrected chi connectivity index (χ3v) is 5.21. The summed E-state index contributed by atoms with van der Waals surface area (Å²) in [5.41, 5.74) is 5.96. The summed E-state index contributed by atoms with van der Waals surface area (Å²) in [7, 11) is 0. The number of anilines is 2. The van der Waals surface area contributed by atoms with Gasteiger partial charge in [0.25, 0.3) is 0 Å². The van der Waals surface area contributed by atoms with Gasteiger partial charge in [-0.1, -0.05) is 30.3 Å². The van der Waals surface area contributed by atoms with Crippen LogP contribution in [0.4, 0.5) is 11.5 Å². The summed E-state index contributed by atoms with van der Waals surface area (Å²) in [6, 6.07) is 19.4. The number of fused-ring (bicyclic) bond motifs is 2. The number of pyridine rings is 1. The fourth-order valence-electron chi connectivity index (χ4n) is 3.85. The molecule has 1 aliphatic rings. The van der Waals surface area contributed by atoms with Crippen molar-refractivity contribution in [2.24, 2.45) is 0 Å². The summed E-state index contributed by atoms with van der Waals surface area (Å²) in [5.74, 6) is 0.926. The second-order valence-electron chi connectivity index (χ2n) is 6.93. The lowest BCUT2D eigenvalue weighted by Crippen LogP contribution is -2.08. The number of nitrogens with one attached hydrogen (secondary N) is 3. The van der Waals surface area contributed by atoms with Gasteiger partial charge in [0.1, 0.15) is 5.82 Å². The van der Waals surface area contributed by atoms with Crippen LogP contribution in [0.2, 0.25) is 0 Å². The second-order valence-corrected chi connectivity index (χ2v) is 6.93. The molecule has 0 aliphatic heterocycles. The molecule has 2 heterocycles. The lowest BCUT2D eigenvalue weighted by molar-refractivity contribution is 0.758. The number of hydrogen-bond donors (Lipinski definition) is 3. The van der Waals surface area contributed by atoms with Crippen LogP contribution in [0.25, 0.3) is 10.9 Å². The Morgan fingerprint density at radius 3 is 2.93 bits per heavy atom. The van der Waals surface area contributed by atoms with Gasteiger partial charge in [-0.2, -0.15) is 0 Å². The molecule has 5 nitrogen and oxygen atoms in total. The third kappa shape index (κ3) is 3.12. The van der Waals surface area contributed by atoms with E-state index in [0.717, 1.165) is 40.9 Å². The zero-order valence-electron chi connectivity index (χ0n) is 14.9. The van der Waals surface area contributed by atoms with Crippen molar-refractivity contribution in [2.75, 3.05) is 10.6 Å². The molecule has 27 heavy (non-hydrogen) atoms. The predicted molar refractivity (Wildman–Crippen MR) is 109 cm³/mol. The fourth-order valence-corrected chi connectivity index (χ4v) is 3.85. The first-order valence-electron chi connectivity index (χ1n) is 9.32. The first-order chi connectivity index (χ1) is 13.4. The van der Waals surface area contributed by atoms with Crippen molar-refractivity contribution >= 4 is 22.4 Å². The third-order valence-electron chi connectivity index (χ3n) is 5.21. The van der Waals surface area contributed by atoms with E-state index < -0.39 is 0 Å². The molecule has 3 N–H and O–H groups in total. The molecule has 0 spiro atoms. The minimum Gasteiger partial charge on any atom is -0.379 e. The maximum absolute atomic E-state index is 4.85. The van der Waals surface area contributed by atoms with Crippen LogP contribution in [-0.2, 0) is 13.0 Å². The van der Waals surface area contributed by atoms with Gasteiger partial charge in [-0.25, -0.2) is 9.97 Å². The number of H-pyrrole nitrogens is 1. The number of benzene rings is 2. The maximum Gasteiger partial charge on any atom is 0.127 e. The Bertz CT molecular complexity index is 1070. The predicted octanol–water partition coefficient (Wildman–Crippen LogP) is 4.67. The van der Waals surface area contributed by atoms with E-state index in [1.165, 1.54) is 11.1 Å². The van der Waals surface area contributed by atoms with Crippen molar-refractivity contribution in [1.82, 2.24) is 15.0 Å². The van der Waals surface area contributed by atoms with Crippen LogP contribution in [0.1, 0.15) is 29.3 Å². The highest BCUT2D eigenvalue weighted by Gasteiger charge is 2.21. The topological polar surface area (TPSA) is 65.6 Å². The fraction of sp³-hybridized carbons (Fsp3) is 0.182. The van der Waals surface area contributed by atoms with E-state index in [1.54, 1.807) is 6.33 Å². The molecule has 1 aliphatic carbocycles. The van der Waals surface area contributed by atoms with Crippen molar-refractivity contribution in [3.63, 3.8) is 0 Å². The van der Waals surface area contributed by atoms with Crippen LogP contribution in [0.3, 0.4) is 0 Å². The Labute approximate surface area is 157 Å². The summed E-state index contributed by atoms with van der Waals surface area (Å²) in [4.78, 5) is 12.0. The van der Waals surface area contributed by atoms with Crippen LogP contribution >= 0.6 is 0 Å². The molecule has 0 saturated heterocycles. The van der Waals surface area contributed by atoms with Crippen molar-refractivity contribution in [1.29, 1.82) is 0 Å². The Morgan fingerprint density at radius 2 is 2.00 bits per heavy atom. The zero-order chi connectivity index (χ0) is 18.1. The number of aromatic amines is 1. The van der Waals surface area contributed by atoms with Crippen molar-refractivity contribution in [3.8, 4) is 0 Å². The lowest BCUT2D eigenvalue weighted by atomic mass is 10.1. The van der Waals surface area contributed by atoms with Gasteiger partial charge in [-0.05, 0) is 48.2 Å². The van der Waals surface area contributed by atoms with Crippen LogP contribution in [0.15, 0.2) is 67.1 Å². The minimum absolute atomic E-state index is 0.341. The smallest absolute Gasteiger partial charge is 0.127 e. The Balaban J connectivity index is 1.38. The van der Waals surface area contributed by atoms with Gasteiger partial charge in [0.15, 0.2) is 0 Å². The molecule has 5 rings (SSSR count). The molecule has 0 unspecified atom stereocenters. The van der Waals surface area contributed by atoms with Gasteiger partial charge in [-0.3, -0.25) is 0 Å². The molecule has 5 heteroatoms. The molecular formula is C22H21N5. The SMILES string of the molecule is c1ccc2c(c1)CC[C@H]2Nc1ccc2c(NCc3cnc[nH]3)cccc2n1. The first-order valence-corrected chi connectivity index (χ1v) is 9.32. The molecule has 2 aromatic carbocycles. The summed E-state index contributed by atoms with van der Waals surface area (Å²) < 4.78 is 0. The highest BCUT2D eigenvalue weighted by atomic mass is 15.0. The molecule has 0 saturated carbocycles. The first kappa shape index (κ1) is 15.9. The molecule has 4 aromatic rings. The minimum atomic E-state index is 0.341. The van der Waals surface area contributed by atoms with Gasteiger partial charge >= 0.3 is 0 Å². The van der Waals surface area contributed by atoms with E-state index in [0.29, 0.717) is 12.6 Å². The number of imidazole rings is 1. The zero-order valence-corrected chi connectivity index (χ0v) is 14.9. The summed E-state index contributed by atoms with van der Waals surface area (Å²) in [5, 5.41) is 8.20. The summed E-state index contributed by atoms with van der Waals surface area (Å²) >= 11 is 0. The van der Waals surface area contributed by atoms with Gasteiger partial charge in [-0.15, -0.1) is 0 Å². The Kier molecular flexibility index (Phi) is 3.98. The molecule has 0 bridgehead atoms. The molecule has 0 fully saturated rings. The highest BCUT2D eigenvalue weighted by Crippen LogP contribution is 2.34. The van der Waals surface area contributed by atoms with Crippen LogP contribution in [0.5, 0.6) is 0 Å². The van der Waals surface area contributed by atoms with E-state index in [9.17, 15) is 0 Å². The van der Waals surface area contributed by atoms with Crippen molar-refractivity contribution in [3.05, 3.63) is 83.9 Å². The monoisotopic (exact) mass is 355 g/mol. The van der Waals surface area contributed by atoms with Gasteiger partial charge in [0, 0.05) is 17.3 Å². The lowest BCUT2D eigenvalue weighted by Gasteiger charge is -2.16. The number of rotatable bonds is 5. The van der Waals surface area contributed by atoms with Crippen LogP contribution in [0, 0.1) is 0 Å². The van der Waals surface area contributed by atoms with E-state index in [2.05, 4.69) is 69.1 Å². The molecule has 134 valence electrons. The number of aryl methyl sites for hydroxylation is 1. The van der Waals surface area contributed by atoms with Crippen molar-refractivity contribution in [2.45, 2.75) is 25.4 Å². The normalized spacial score (nSPS) is 15.6. The molecule has 1 atom stereocenters. The molecule has 0 amide bonds. The van der Waals surface area contributed by atoms with E-state index in [4.69, 9.17) is 4.98 Å². The van der Waals surface area contributed by atoms with Crippen molar-refractivity contribution < 1.29 is 0 Å². The van der Waals surface area contributed by atoms with E-state index >= 15 is 0 Å². The Hall–Kier alpha value is -3.34. The van der Waals surface area contributed by atoms with Crippen LogP contribution < -0.4 is 10.6 Å².